The minimum atomic E-state index is -0.302. The Kier molecular flexibility index (Phi) is 5.98. The average Bonchev–Trinajstić information content (AvgIpc) is 3.44. The molecule has 1 aliphatic heterocycles. The monoisotopic (exact) mass is 495 g/mol. The van der Waals surface area contributed by atoms with Gasteiger partial charge in [0.1, 0.15) is 23.3 Å². The van der Waals surface area contributed by atoms with Crippen LogP contribution in [0, 0.1) is 0 Å². The number of hydrogen-bond acceptors (Lipinski definition) is 4. The summed E-state index contributed by atoms with van der Waals surface area (Å²) in [6.45, 7) is 0. The summed E-state index contributed by atoms with van der Waals surface area (Å²) in [5.74, 6) is 2.06. The molecule has 1 fully saturated rings. The number of benzene rings is 2. The zero-order valence-electron chi connectivity index (χ0n) is 17.5. The molecule has 0 radical (unpaired) electrons. The van der Waals surface area contributed by atoms with Gasteiger partial charge >= 0.3 is 0 Å². The highest BCUT2D eigenvalue weighted by molar-refractivity contribution is 7.80. The Hall–Kier alpha value is -3.06. The molecule has 5 nitrogen and oxygen atoms in total. The number of furan rings is 1. The molecular formula is C25H19Cl2N3O2S. The van der Waals surface area contributed by atoms with Gasteiger partial charge in [0, 0.05) is 16.8 Å². The molecule has 5 rings (SSSR count). The summed E-state index contributed by atoms with van der Waals surface area (Å²) in [6, 6.07) is 22.2. The quantitative estimate of drug-likeness (QED) is 0.306. The minimum absolute atomic E-state index is 0.233. The number of anilines is 1. The number of pyridine rings is 1. The van der Waals surface area contributed by atoms with Crippen LogP contribution < -0.4 is 15.0 Å². The number of nitrogens with zero attached hydrogens (tertiary/aromatic N) is 2. The van der Waals surface area contributed by atoms with Gasteiger partial charge < -0.3 is 19.4 Å². The predicted octanol–water partition coefficient (Wildman–Crippen LogP) is 6.83. The average molecular weight is 496 g/mol. The lowest BCUT2D eigenvalue weighted by molar-refractivity contribution is 0.409. The van der Waals surface area contributed by atoms with E-state index in [2.05, 4.69) is 10.3 Å². The van der Waals surface area contributed by atoms with Gasteiger partial charge in [-0.2, -0.15) is 0 Å². The molecule has 0 unspecified atom stereocenters. The number of methoxy groups -OCH3 is 1. The number of hydrogen-bond donors (Lipinski definition) is 1. The summed E-state index contributed by atoms with van der Waals surface area (Å²) < 4.78 is 12.0. The van der Waals surface area contributed by atoms with Gasteiger partial charge in [-0.1, -0.05) is 41.4 Å². The third-order valence-corrected chi connectivity index (χ3v) is 6.42. The molecule has 2 aromatic carbocycles. The number of thiocarbonyl (C=S) groups is 1. The summed E-state index contributed by atoms with van der Waals surface area (Å²) >= 11 is 18.3. The lowest BCUT2D eigenvalue weighted by Crippen LogP contribution is -2.29. The molecule has 3 heterocycles. The van der Waals surface area contributed by atoms with Gasteiger partial charge in [0.2, 0.25) is 0 Å². The predicted molar refractivity (Wildman–Crippen MR) is 135 cm³/mol. The van der Waals surface area contributed by atoms with E-state index < -0.39 is 0 Å². The van der Waals surface area contributed by atoms with Crippen LogP contribution in [-0.2, 0) is 0 Å². The fraction of sp³-hybridized carbons (Fsp3) is 0.120. The molecule has 8 heteroatoms. The molecule has 0 bridgehead atoms. The van der Waals surface area contributed by atoms with Gasteiger partial charge in [-0.3, -0.25) is 4.98 Å². The smallest absolute Gasteiger partial charge is 0.174 e. The van der Waals surface area contributed by atoms with E-state index in [0.717, 1.165) is 16.9 Å². The number of ether oxygens (including phenoxy) is 1. The van der Waals surface area contributed by atoms with Crippen molar-refractivity contribution in [2.75, 3.05) is 12.0 Å². The first-order valence-corrected chi connectivity index (χ1v) is 11.4. The Morgan fingerprint density at radius 3 is 2.61 bits per heavy atom. The second-order valence-corrected chi connectivity index (χ2v) is 8.72. The summed E-state index contributed by atoms with van der Waals surface area (Å²) in [6.07, 6.45) is 1.77. The lowest BCUT2D eigenvalue weighted by atomic mass is 10.0. The largest absolute Gasteiger partial charge is 0.495 e. The van der Waals surface area contributed by atoms with Crippen LogP contribution in [0.2, 0.25) is 10.0 Å². The number of halogens is 2. The Morgan fingerprint density at radius 1 is 1.03 bits per heavy atom. The highest BCUT2D eigenvalue weighted by Crippen LogP contribution is 2.45. The number of para-hydroxylation sites is 2. The third kappa shape index (κ3) is 4.06. The second-order valence-electron chi connectivity index (χ2n) is 7.49. The summed E-state index contributed by atoms with van der Waals surface area (Å²) in [5.41, 5.74) is 2.45. The van der Waals surface area contributed by atoms with Gasteiger partial charge in [0.25, 0.3) is 0 Å². The highest BCUT2D eigenvalue weighted by Gasteiger charge is 2.43. The van der Waals surface area contributed by atoms with Crippen LogP contribution in [0.15, 0.2) is 83.4 Å². The molecule has 0 aliphatic carbocycles. The van der Waals surface area contributed by atoms with Gasteiger partial charge in [-0.15, -0.1) is 0 Å². The van der Waals surface area contributed by atoms with Crippen LogP contribution in [0.4, 0.5) is 5.69 Å². The maximum Gasteiger partial charge on any atom is 0.174 e. The van der Waals surface area contributed by atoms with Gasteiger partial charge in [0.15, 0.2) is 5.11 Å². The number of rotatable bonds is 5. The molecule has 2 aromatic heterocycles. The topological polar surface area (TPSA) is 50.5 Å². The Bertz CT molecular complexity index is 1310. The van der Waals surface area contributed by atoms with Crippen molar-refractivity contribution in [1.82, 2.24) is 10.3 Å². The van der Waals surface area contributed by atoms with Gasteiger partial charge in [-0.25, -0.2) is 0 Å². The minimum Gasteiger partial charge on any atom is -0.495 e. The van der Waals surface area contributed by atoms with Crippen LogP contribution >= 0.6 is 35.4 Å². The van der Waals surface area contributed by atoms with Crippen LogP contribution in [0.25, 0.3) is 11.3 Å². The SMILES string of the molecule is COc1ccccc1N1C(=S)N[C@@H](c2ccccn2)[C@H]1c1ccc(-c2ccc(Cl)cc2Cl)o1. The molecule has 4 aromatic rings. The second kappa shape index (κ2) is 9.06. The zero-order valence-corrected chi connectivity index (χ0v) is 19.9. The molecule has 1 saturated heterocycles. The first kappa shape index (κ1) is 21.8. The number of nitrogens with one attached hydrogen (secondary N) is 1. The first-order chi connectivity index (χ1) is 16.1. The van der Waals surface area contributed by atoms with Crippen LogP contribution in [0.1, 0.15) is 23.5 Å². The first-order valence-electron chi connectivity index (χ1n) is 10.3. The fourth-order valence-corrected chi connectivity index (χ4v) is 4.92. The Morgan fingerprint density at radius 2 is 1.85 bits per heavy atom. The standard InChI is InChI=1S/C25H19Cl2N3O2S/c1-31-21-8-3-2-7-19(21)30-24(23(29-25(30)33)18-6-4-5-13-28-18)22-12-11-20(32-22)16-10-9-15(26)14-17(16)27/h2-14,23-24H,1H3,(H,29,33)/t23-,24+/m0/s1. The van der Waals surface area contributed by atoms with E-state index >= 15 is 0 Å². The molecule has 0 spiro atoms. The molecule has 1 aliphatic rings. The number of aromatic nitrogens is 1. The van der Waals surface area contributed by atoms with Crippen molar-refractivity contribution in [3.05, 3.63) is 100 Å². The van der Waals surface area contributed by atoms with Crippen molar-refractivity contribution in [3.8, 4) is 17.1 Å². The van der Waals surface area contributed by atoms with Crippen LogP contribution in [0.5, 0.6) is 5.75 Å². The molecule has 0 amide bonds. The van der Waals surface area contributed by atoms with Gasteiger partial charge in [0.05, 0.1) is 29.6 Å². The molecule has 166 valence electrons. The maximum absolute atomic E-state index is 6.43. The van der Waals surface area contributed by atoms with Crippen molar-refractivity contribution in [3.63, 3.8) is 0 Å². The summed E-state index contributed by atoms with van der Waals surface area (Å²) in [5, 5.41) is 5.07. The Labute approximate surface area is 206 Å². The summed E-state index contributed by atoms with van der Waals surface area (Å²) in [4.78, 5) is 6.59. The molecular weight excluding hydrogens is 477 g/mol. The van der Waals surface area contributed by atoms with Crippen LogP contribution in [0.3, 0.4) is 0 Å². The van der Waals surface area contributed by atoms with Crippen molar-refractivity contribution in [2.45, 2.75) is 12.1 Å². The van der Waals surface area contributed by atoms with Crippen molar-refractivity contribution < 1.29 is 9.15 Å². The third-order valence-electron chi connectivity index (χ3n) is 5.56. The van der Waals surface area contributed by atoms with E-state index in [4.69, 9.17) is 44.6 Å². The fourth-order valence-electron chi connectivity index (χ4n) is 4.08. The van der Waals surface area contributed by atoms with Crippen molar-refractivity contribution in [1.29, 1.82) is 0 Å². The normalized spacial score (nSPS) is 17.8. The molecule has 0 saturated carbocycles. The van der Waals surface area contributed by atoms with E-state index in [1.165, 1.54) is 0 Å². The van der Waals surface area contributed by atoms with E-state index in [9.17, 15) is 0 Å². The molecule has 2 atom stereocenters. The van der Waals surface area contributed by atoms with E-state index in [1.807, 2.05) is 65.6 Å². The van der Waals surface area contributed by atoms with Gasteiger partial charge in [-0.05, 0) is 66.8 Å². The van der Waals surface area contributed by atoms with Crippen molar-refractivity contribution >= 4 is 46.2 Å². The highest BCUT2D eigenvalue weighted by atomic mass is 35.5. The molecule has 1 N–H and O–H groups in total. The van der Waals surface area contributed by atoms with E-state index in [-0.39, 0.29) is 12.1 Å². The zero-order chi connectivity index (χ0) is 22.9. The van der Waals surface area contributed by atoms with Crippen LogP contribution in [-0.4, -0.2) is 17.2 Å². The van der Waals surface area contributed by atoms with E-state index in [0.29, 0.717) is 32.4 Å². The lowest BCUT2D eigenvalue weighted by Gasteiger charge is -2.27. The molecule has 33 heavy (non-hydrogen) atoms. The van der Waals surface area contributed by atoms with Crippen molar-refractivity contribution in [2.24, 2.45) is 0 Å². The Balaban J connectivity index is 1.63. The maximum atomic E-state index is 6.43. The van der Waals surface area contributed by atoms with E-state index in [1.54, 1.807) is 25.4 Å². The summed E-state index contributed by atoms with van der Waals surface area (Å²) in [7, 11) is 1.64.